The molecule has 2 aromatic rings. The van der Waals surface area contributed by atoms with Gasteiger partial charge in [0, 0.05) is 17.5 Å². The summed E-state index contributed by atoms with van der Waals surface area (Å²) in [5.74, 6) is 0. The highest BCUT2D eigenvalue weighted by molar-refractivity contribution is 7.10. The number of rotatable bonds is 7. The normalized spacial score (nSPS) is 14.2. The third-order valence-electron chi connectivity index (χ3n) is 2.98. The summed E-state index contributed by atoms with van der Waals surface area (Å²) in [6.07, 6.45) is 0. The van der Waals surface area contributed by atoms with Crippen molar-refractivity contribution in [2.75, 3.05) is 13.2 Å². The second-order valence-corrected chi connectivity index (χ2v) is 5.57. The van der Waals surface area contributed by atoms with E-state index in [2.05, 4.69) is 60.1 Å². The highest BCUT2D eigenvalue weighted by Gasteiger charge is 2.17. The molecule has 2 rings (SSSR count). The fourth-order valence-electron chi connectivity index (χ4n) is 2.07. The second-order valence-electron chi connectivity index (χ2n) is 4.59. The Morgan fingerprint density at radius 3 is 2.58 bits per heavy atom. The number of hydrogen-bond acceptors (Lipinski definition) is 3. The van der Waals surface area contributed by atoms with Crippen LogP contribution in [0.2, 0.25) is 0 Å². The Morgan fingerprint density at radius 1 is 1.16 bits per heavy atom. The van der Waals surface area contributed by atoms with E-state index in [9.17, 15) is 0 Å². The second kappa shape index (κ2) is 7.43. The van der Waals surface area contributed by atoms with Gasteiger partial charge in [-0.1, -0.05) is 36.4 Å². The fourth-order valence-corrected chi connectivity index (χ4v) is 2.88. The Bertz CT molecular complexity index is 455. The molecule has 0 saturated heterocycles. The molecule has 0 bridgehead atoms. The topological polar surface area (TPSA) is 21.3 Å². The van der Waals surface area contributed by atoms with Crippen LogP contribution in [0.4, 0.5) is 0 Å². The van der Waals surface area contributed by atoms with Crippen LogP contribution in [0.3, 0.4) is 0 Å². The summed E-state index contributed by atoms with van der Waals surface area (Å²) in [4.78, 5) is 1.34. The summed E-state index contributed by atoms with van der Waals surface area (Å²) in [6.45, 7) is 5.70. The van der Waals surface area contributed by atoms with E-state index in [0.717, 1.165) is 13.2 Å². The van der Waals surface area contributed by atoms with E-state index in [1.54, 1.807) is 11.3 Å². The lowest BCUT2D eigenvalue weighted by atomic mass is 10.0. The molecular weight excluding hydrogens is 254 g/mol. The van der Waals surface area contributed by atoms with Gasteiger partial charge in [-0.15, -0.1) is 11.3 Å². The van der Waals surface area contributed by atoms with Crippen LogP contribution in [-0.2, 0) is 4.74 Å². The highest BCUT2D eigenvalue weighted by atomic mass is 32.1. The summed E-state index contributed by atoms with van der Waals surface area (Å²) in [5, 5.41) is 5.78. The van der Waals surface area contributed by atoms with E-state index in [-0.39, 0.29) is 6.04 Å². The summed E-state index contributed by atoms with van der Waals surface area (Å²) in [7, 11) is 0. The maximum atomic E-state index is 5.49. The van der Waals surface area contributed by atoms with Gasteiger partial charge >= 0.3 is 0 Å². The molecule has 0 radical (unpaired) electrons. The van der Waals surface area contributed by atoms with Crippen molar-refractivity contribution in [3.05, 3.63) is 58.3 Å². The Labute approximate surface area is 119 Å². The zero-order valence-corrected chi connectivity index (χ0v) is 12.3. The van der Waals surface area contributed by atoms with Crippen molar-refractivity contribution in [1.82, 2.24) is 5.32 Å². The van der Waals surface area contributed by atoms with Crippen molar-refractivity contribution < 1.29 is 4.74 Å². The third kappa shape index (κ3) is 4.16. The molecule has 0 aliphatic carbocycles. The Morgan fingerprint density at radius 2 is 1.95 bits per heavy atom. The lowest BCUT2D eigenvalue weighted by molar-refractivity contribution is 0.125. The minimum atomic E-state index is 0.247. The van der Waals surface area contributed by atoms with Gasteiger partial charge in [-0.25, -0.2) is 0 Å². The quantitative estimate of drug-likeness (QED) is 0.828. The van der Waals surface area contributed by atoms with Gasteiger partial charge in [-0.3, -0.25) is 0 Å². The van der Waals surface area contributed by atoms with Gasteiger partial charge in [0.2, 0.25) is 0 Å². The van der Waals surface area contributed by atoms with Gasteiger partial charge in [0.1, 0.15) is 0 Å². The van der Waals surface area contributed by atoms with Crippen LogP contribution >= 0.6 is 11.3 Å². The van der Waals surface area contributed by atoms with E-state index in [1.165, 1.54) is 10.4 Å². The van der Waals surface area contributed by atoms with E-state index >= 15 is 0 Å². The summed E-state index contributed by atoms with van der Waals surface area (Å²) >= 11 is 1.79. The number of benzene rings is 1. The van der Waals surface area contributed by atoms with Crippen molar-refractivity contribution in [1.29, 1.82) is 0 Å². The lowest BCUT2D eigenvalue weighted by Crippen LogP contribution is -2.34. The van der Waals surface area contributed by atoms with Crippen LogP contribution < -0.4 is 5.32 Å². The maximum absolute atomic E-state index is 5.49. The van der Waals surface area contributed by atoms with Gasteiger partial charge < -0.3 is 10.1 Å². The van der Waals surface area contributed by atoms with Gasteiger partial charge in [-0.05, 0) is 30.9 Å². The molecule has 2 nitrogen and oxygen atoms in total. The predicted molar refractivity (Wildman–Crippen MR) is 81.7 cm³/mol. The van der Waals surface area contributed by atoms with Crippen LogP contribution in [0, 0.1) is 0 Å². The lowest BCUT2D eigenvalue weighted by Gasteiger charge is -2.23. The van der Waals surface area contributed by atoms with E-state index in [4.69, 9.17) is 4.74 Å². The minimum absolute atomic E-state index is 0.247. The Balaban J connectivity index is 2.12. The number of thiophene rings is 1. The van der Waals surface area contributed by atoms with E-state index < -0.39 is 0 Å². The molecule has 0 aliphatic rings. The first kappa shape index (κ1) is 14.3. The summed E-state index contributed by atoms with van der Waals surface area (Å²) in [6, 6.07) is 15.4. The largest absolute Gasteiger partial charge is 0.380 e. The molecule has 0 spiro atoms. The molecule has 0 aliphatic heterocycles. The molecule has 1 N–H and O–H groups in total. The SMILES string of the molecule is CCOCC(C)NC(c1ccccc1)c1cccs1. The van der Waals surface area contributed by atoms with Gasteiger partial charge in [-0.2, -0.15) is 0 Å². The molecule has 102 valence electrons. The average molecular weight is 275 g/mol. The molecule has 0 saturated carbocycles. The molecule has 0 fully saturated rings. The van der Waals surface area contributed by atoms with Gasteiger partial charge in [0.15, 0.2) is 0 Å². The smallest absolute Gasteiger partial charge is 0.0673 e. The maximum Gasteiger partial charge on any atom is 0.0673 e. The van der Waals surface area contributed by atoms with Crippen molar-refractivity contribution >= 4 is 11.3 Å². The molecule has 1 aromatic carbocycles. The monoisotopic (exact) mass is 275 g/mol. The summed E-state index contributed by atoms with van der Waals surface area (Å²) in [5.41, 5.74) is 1.30. The average Bonchev–Trinajstić information content (AvgIpc) is 2.97. The zero-order chi connectivity index (χ0) is 13.5. The van der Waals surface area contributed by atoms with Crippen molar-refractivity contribution in [3.63, 3.8) is 0 Å². The summed E-state index contributed by atoms with van der Waals surface area (Å²) < 4.78 is 5.49. The molecule has 0 amide bonds. The van der Waals surface area contributed by atoms with Crippen molar-refractivity contribution in [2.45, 2.75) is 25.9 Å². The molecule has 2 atom stereocenters. The molecular formula is C16H21NOS. The Kier molecular flexibility index (Phi) is 5.58. The first-order valence-electron chi connectivity index (χ1n) is 6.73. The minimum Gasteiger partial charge on any atom is -0.380 e. The highest BCUT2D eigenvalue weighted by Crippen LogP contribution is 2.26. The first-order valence-corrected chi connectivity index (χ1v) is 7.61. The van der Waals surface area contributed by atoms with Crippen LogP contribution in [-0.4, -0.2) is 19.3 Å². The molecule has 1 aromatic heterocycles. The van der Waals surface area contributed by atoms with E-state index in [1.807, 2.05) is 6.92 Å². The number of hydrogen-bond donors (Lipinski definition) is 1. The fraction of sp³-hybridized carbons (Fsp3) is 0.375. The Hall–Kier alpha value is -1.16. The molecule has 2 unspecified atom stereocenters. The zero-order valence-electron chi connectivity index (χ0n) is 11.5. The molecule has 1 heterocycles. The number of nitrogens with one attached hydrogen (secondary N) is 1. The van der Waals surface area contributed by atoms with Crippen LogP contribution in [0.5, 0.6) is 0 Å². The standard InChI is InChI=1S/C16H21NOS/c1-3-18-12-13(2)17-16(15-10-7-11-19-15)14-8-5-4-6-9-14/h4-11,13,16-17H,3,12H2,1-2H3. The third-order valence-corrected chi connectivity index (χ3v) is 3.92. The first-order chi connectivity index (χ1) is 9.31. The van der Waals surface area contributed by atoms with Crippen molar-refractivity contribution in [2.24, 2.45) is 0 Å². The van der Waals surface area contributed by atoms with E-state index in [0.29, 0.717) is 6.04 Å². The van der Waals surface area contributed by atoms with Crippen molar-refractivity contribution in [3.8, 4) is 0 Å². The number of ether oxygens (including phenoxy) is 1. The predicted octanol–water partition coefficient (Wildman–Crippen LogP) is 3.85. The van der Waals surface area contributed by atoms with Crippen LogP contribution in [0.15, 0.2) is 47.8 Å². The molecule has 3 heteroatoms. The van der Waals surface area contributed by atoms with Gasteiger partial charge in [0.05, 0.1) is 12.6 Å². The van der Waals surface area contributed by atoms with Crippen LogP contribution in [0.25, 0.3) is 0 Å². The van der Waals surface area contributed by atoms with Crippen LogP contribution in [0.1, 0.15) is 30.3 Å². The van der Waals surface area contributed by atoms with Gasteiger partial charge in [0.25, 0.3) is 0 Å². The molecule has 19 heavy (non-hydrogen) atoms.